The zero-order valence-electron chi connectivity index (χ0n) is 9.16. The van der Waals surface area contributed by atoms with Gasteiger partial charge in [-0.25, -0.2) is 4.79 Å². The molecular formula is C11H18O4. The van der Waals surface area contributed by atoms with Crippen LogP contribution in [0, 0.1) is 0 Å². The Morgan fingerprint density at radius 1 is 1.47 bits per heavy atom. The van der Waals surface area contributed by atoms with Crippen LogP contribution in [-0.4, -0.2) is 38.5 Å². The van der Waals surface area contributed by atoms with Crippen LogP contribution >= 0.6 is 0 Å². The summed E-state index contributed by atoms with van der Waals surface area (Å²) in [6.45, 7) is 7.37. The molecule has 0 radical (unpaired) electrons. The van der Waals surface area contributed by atoms with E-state index >= 15 is 0 Å². The summed E-state index contributed by atoms with van der Waals surface area (Å²) in [5, 5.41) is 0. The molecule has 4 heteroatoms. The second kappa shape index (κ2) is 6.58. The minimum Gasteiger partial charge on any atom is -0.460 e. The van der Waals surface area contributed by atoms with Gasteiger partial charge in [-0.2, -0.15) is 0 Å². The van der Waals surface area contributed by atoms with Crippen molar-refractivity contribution < 1.29 is 19.0 Å². The minimum absolute atomic E-state index is 0.289. The third-order valence-corrected chi connectivity index (χ3v) is 2.19. The molecule has 15 heavy (non-hydrogen) atoms. The van der Waals surface area contributed by atoms with Gasteiger partial charge >= 0.3 is 5.97 Å². The topological polar surface area (TPSA) is 44.8 Å². The number of carbonyl (C=O) groups excluding carboxylic acids is 1. The first-order valence-corrected chi connectivity index (χ1v) is 5.22. The Balaban J connectivity index is 1.84. The van der Waals surface area contributed by atoms with Gasteiger partial charge in [-0.05, 0) is 19.8 Å². The van der Waals surface area contributed by atoms with Crippen molar-refractivity contribution in [3.8, 4) is 0 Å². The summed E-state index contributed by atoms with van der Waals surface area (Å²) in [4.78, 5) is 10.9. The molecule has 1 aliphatic rings. The molecule has 0 aliphatic carbocycles. The predicted molar refractivity (Wildman–Crippen MR) is 55.6 cm³/mol. The Bertz CT molecular complexity index is 221. The molecule has 1 heterocycles. The monoisotopic (exact) mass is 214 g/mol. The van der Waals surface area contributed by atoms with Crippen molar-refractivity contribution >= 4 is 5.97 Å². The number of hydrogen-bond acceptors (Lipinski definition) is 4. The van der Waals surface area contributed by atoms with Crippen LogP contribution in [0.1, 0.15) is 19.8 Å². The summed E-state index contributed by atoms with van der Waals surface area (Å²) < 4.78 is 15.4. The van der Waals surface area contributed by atoms with Crippen LogP contribution < -0.4 is 0 Å². The molecule has 0 amide bonds. The van der Waals surface area contributed by atoms with Crippen LogP contribution in [0.15, 0.2) is 12.2 Å². The first-order valence-electron chi connectivity index (χ1n) is 5.22. The number of rotatable bonds is 7. The third-order valence-electron chi connectivity index (χ3n) is 2.19. The Labute approximate surface area is 90.2 Å². The molecule has 1 fully saturated rings. The average molecular weight is 214 g/mol. The van der Waals surface area contributed by atoms with Crippen LogP contribution in [0.5, 0.6) is 0 Å². The maximum Gasteiger partial charge on any atom is 0.333 e. The highest BCUT2D eigenvalue weighted by Crippen LogP contribution is 2.14. The molecule has 0 aromatic rings. The second-order valence-corrected chi connectivity index (χ2v) is 3.60. The molecule has 0 aromatic carbocycles. The van der Waals surface area contributed by atoms with Gasteiger partial charge in [-0.15, -0.1) is 0 Å². The summed E-state index contributed by atoms with van der Waals surface area (Å²) in [6.07, 6.45) is 2.44. The lowest BCUT2D eigenvalue weighted by Crippen LogP contribution is -2.28. The van der Waals surface area contributed by atoms with Crippen LogP contribution in [0.3, 0.4) is 0 Å². The summed E-state index contributed by atoms with van der Waals surface area (Å²) in [5.74, 6) is -0.360. The molecular weight excluding hydrogens is 196 g/mol. The fourth-order valence-electron chi connectivity index (χ4n) is 1.15. The van der Waals surface area contributed by atoms with E-state index in [-0.39, 0.29) is 12.6 Å². The number of ether oxygens (including phenoxy) is 3. The maximum atomic E-state index is 10.9. The highest BCUT2D eigenvalue weighted by molar-refractivity contribution is 5.86. The molecule has 0 N–H and O–H groups in total. The van der Waals surface area contributed by atoms with Gasteiger partial charge in [0.15, 0.2) is 0 Å². The number of esters is 1. The van der Waals surface area contributed by atoms with E-state index in [1.165, 1.54) is 0 Å². The Morgan fingerprint density at radius 3 is 2.73 bits per heavy atom. The van der Waals surface area contributed by atoms with Crippen LogP contribution in [0.25, 0.3) is 0 Å². The summed E-state index contributed by atoms with van der Waals surface area (Å²) >= 11 is 0. The Hall–Kier alpha value is -0.870. The molecule has 0 bridgehead atoms. The first-order chi connectivity index (χ1) is 7.20. The lowest BCUT2D eigenvalue weighted by molar-refractivity contribution is -0.140. The van der Waals surface area contributed by atoms with Gasteiger partial charge in [-0.1, -0.05) is 6.58 Å². The highest BCUT2D eigenvalue weighted by Gasteiger charge is 2.17. The van der Waals surface area contributed by atoms with Gasteiger partial charge in [-0.3, -0.25) is 0 Å². The average Bonchev–Trinajstić information content (AvgIpc) is 2.13. The van der Waals surface area contributed by atoms with Crippen LogP contribution in [-0.2, 0) is 19.0 Å². The normalized spacial score (nSPS) is 19.4. The van der Waals surface area contributed by atoms with Crippen LogP contribution in [0.4, 0.5) is 0 Å². The standard InChI is InChI=1S/C11H18O4/c1-9(2)11(12)15-8-7-13-5-3-10-4-6-14-10/h10H,1,3-8H2,2H3. The van der Waals surface area contributed by atoms with E-state index < -0.39 is 0 Å². The van der Waals surface area contributed by atoms with E-state index in [0.717, 1.165) is 19.4 Å². The van der Waals surface area contributed by atoms with Gasteiger partial charge in [0, 0.05) is 18.8 Å². The van der Waals surface area contributed by atoms with Gasteiger partial charge in [0.2, 0.25) is 0 Å². The molecule has 86 valence electrons. The SMILES string of the molecule is C=C(C)C(=O)OCCOCCC1CCO1. The van der Waals surface area contributed by atoms with Gasteiger partial charge < -0.3 is 14.2 Å². The summed E-state index contributed by atoms with van der Waals surface area (Å²) in [5.41, 5.74) is 0.415. The Kier molecular flexibility index (Phi) is 5.36. The smallest absolute Gasteiger partial charge is 0.333 e. The first kappa shape index (κ1) is 12.2. The van der Waals surface area contributed by atoms with E-state index in [2.05, 4.69) is 6.58 Å². The highest BCUT2D eigenvalue weighted by atomic mass is 16.6. The third kappa shape index (κ3) is 4.95. The Morgan fingerprint density at radius 2 is 2.20 bits per heavy atom. The lowest BCUT2D eigenvalue weighted by Gasteiger charge is -2.26. The van der Waals surface area contributed by atoms with Crippen LogP contribution in [0.2, 0.25) is 0 Å². The zero-order chi connectivity index (χ0) is 11.1. The van der Waals surface area contributed by atoms with Gasteiger partial charge in [0.05, 0.1) is 12.7 Å². The molecule has 4 nitrogen and oxygen atoms in total. The molecule has 0 aromatic heterocycles. The number of carbonyl (C=O) groups is 1. The zero-order valence-corrected chi connectivity index (χ0v) is 9.16. The molecule has 0 spiro atoms. The summed E-state index contributed by atoms with van der Waals surface area (Å²) in [7, 11) is 0. The lowest BCUT2D eigenvalue weighted by atomic mass is 10.1. The second-order valence-electron chi connectivity index (χ2n) is 3.60. The van der Waals surface area contributed by atoms with Gasteiger partial charge in [0.1, 0.15) is 6.61 Å². The van der Waals surface area contributed by atoms with Crippen molar-refractivity contribution in [1.82, 2.24) is 0 Å². The number of hydrogen-bond donors (Lipinski definition) is 0. The van der Waals surface area contributed by atoms with Crippen molar-refractivity contribution in [2.75, 3.05) is 26.4 Å². The maximum absolute atomic E-state index is 10.9. The van der Waals surface area contributed by atoms with E-state index in [0.29, 0.717) is 24.9 Å². The molecule has 1 rings (SSSR count). The predicted octanol–water partition coefficient (Wildman–Crippen LogP) is 1.30. The molecule has 1 unspecified atom stereocenters. The fourth-order valence-corrected chi connectivity index (χ4v) is 1.15. The van der Waals surface area contributed by atoms with E-state index in [4.69, 9.17) is 14.2 Å². The molecule has 1 aliphatic heterocycles. The van der Waals surface area contributed by atoms with Crippen molar-refractivity contribution in [3.05, 3.63) is 12.2 Å². The minimum atomic E-state index is -0.360. The fraction of sp³-hybridized carbons (Fsp3) is 0.727. The van der Waals surface area contributed by atoms with E-state index in [1.54, 1.807) is 6.92 Å². The van der Waals surface area contributed by atoms with E-state index in [1.807, 2.05) is 0 Å². The largest absolute Gasteiger partial charge is 0.460 e. The molecule has 0 saturated carbocycles. The molecule has 1 atom stereocenters. The van der Waals surface area contributed by atoms with Crippen molar-refractivity contribution in [3.63, 3.8) is 0 Å². The summed E-state index contributed by atoms with van der Waals surface area (Å²) in [6, 6.07) is 0. The van der Waals surface area contributed by atoms with Crippen molar-refractivity contribution in [2.24, 2.45) is 0 Å². The van der Waals surface area contributed by atoms with Gasteiger partial charge in [0.25, 0.3) is 0 Å². The quantitative estimate of drug-likeness (QED) is 0.364. The molecule has 1 saturated heterocycles. The van der Waals surface area contributed by atoms with E-state index in [9.17, 15) is 4.79 Å². The van der Waals surface area contributed by atoms with Crippen molar-refractivity contribution in [1.29, 1.82) is 0 Å². The van der Waals surface area contributed by atoms with Crippen molar-refractivity contribution in [2.45, 2.75) is 25.9 Å².